The van der Waals surface area contributed by atoms with Crippen LogP contribution in [0.3, 0.4) is 0 Å². The van der Waals surface area contributed by atoms with Crippen molar-refractivity contribution in [3.8, 4) is 6.07 Å². The molecule has 0 atom stereocenters. The van der Waals surface area contributed by atoms with Crippen LogP contribution >= 0.6 is 0 Å². The zero-order valence-corrected chi connectivity index (χ0v) is 8.79. The van der Waals surface area contributed by atoms with Crippen LogP contribution in [0, 0.1) is 17.1 Å². The van der Waals surface area contributed by atoms with Gasteiger partial charge < -0.3 is 10.5 Å². The first-order valence-electron chi connectivity index (χ1n) is 4.60. The van der Waals surface area contributed by atoms with Crippen molar-refractivity contribution in [2.45, 2.75) is 13.0 Å². The number of rotatable bonds is 3. The van der Waals surface area contributed by atoms with Crippen LogP contribution in [0.1, 0.15) is 16.7 Å². The van der Waals surface area contributed by atoms with Crippen molar-refractivity contribution < 1.29 is 13.9 Å². The van der Waals surface area contributed by atoms with Crippen molar-refractivity contribution in [3.63, 3.8) is 0 Å². The van der Waals surface area contributed by atoms with Gasteiger partial charge in [-0.05, 0) is 17.7 Å². The lowest BCUT2D eigenvalue weighted by molar-refractivity contribution is -0.139. The van der Waals surface area contributed by atoms with Crippen molar-refractivity contribution >= 4 is 5.97 Å². The lowest BCUT2D eigenvalue weighted by atomic mass is 10.0. The number of nitriles is 1. The second-order valence-corrected chi connectivity index (χ2v) is 3.17. The van der Waals surface area contributed by atoms with Crippen LogP contribution in [0.2, 0.25) is 0 Å². The number of hydrogen-bond donors (Lipinski definition) is 1. The minimum atomic E-state index is -0.553. The fourth-order valence-corrected chi connectivity index (χ4v) is 1.30. The number of nitrogens with two attached hydrogens (primary N) is 1. The molecule has 16 heavy (non-hydrogen) atoms. The third-order valence-corrected chi connectivity index (χ3v) is 2.18. The van der Waals surface area contributed by atoms with E-state index in [9.17, 15) is 9.18 Å². The van der Waals surface area contributed by atoms with Crippen molar-refractivity contribution in [2.24, 2.45) is 5.73 Å². The van der Waals surface area contributed by atoms with Gasteiger partial charge in [-0.2, -0.15) is 5.26 Å². The summed E-state index contributed by atoms with van der Waals surface area (Å²) in [7, 11) is 1.22. The maximum Gasteiger partial charge on any atom is 0.310 e. The van der Waals surface area contributed by atoms with Gasteiger partial charge in [-0.25, -0.2) is 4.39 Å². The second kappa shape index (κ2) is 5.24. The number of benzene rings is 1. The molecule has 0 aromatic heterocycles. The molecule has 0 spiro atoms. The van der Waals surface area contributed by atoms with E-state index in [0.717, 1.165) is 0 Å². The van der Waals surface area contributed by atoms with E-state index in [1.54, 1.807) is 0 Å². The molecule has 0 saturated carbocycles. The maximum atomic E-state index is 13.5. The SMILES string of the molecule is COC(=O)Cc1cc(C#N)c(CN)cc1F. The molecule has 0 aliphatic carbocycles. The Kier molecular flexibility index (Phi) is 3.97. The Morgan fingerprint density at radius 1 is 1.56 bits per heavy atom. The number of esters is 1. The van der Waals surface area contributed by atoms with Crippen molar-refractivity contribution in [3.05, 3.63) is 34.6 Å². The predicted octanol–water partition coefficient (Wildman–Crippen LogP) is 0.872. The number of carbonyl (C=O) groups is 1. The summed E-state index contributed by atoms with van der Waals surface area (Å²) >= 11 is 0. The van der Waals surface area contributed by atoms with Gasteiger partial charge in [-0.15, -0.1) is 0 Å². The molecule has 0 saturated heterocycles. The standard InChI is InChI=1S/C11H11FN2O2/c1-16-11(15)4-7-2-8(5-13)9(6-14)3-10(7)12/h2-3H,4,6,14H2,1H3. The van der Waals surface area contributed by atoms with Crippen LogP contribution in [0.4, 0.5) is 4.39 Å². The molecule has 0 aliphatic rings. The van der Waals surface area contributed by atoms with E-state index in [1.807, 2.05) is 6.07 Å². The van der Waals surface area contributed by atoms with Crippen LogP contribution in [0.5, 0.6) is 0 Å². The third-order valence-electron chi connectivity index (χ3n) is 2.18. The highest BCUT2D eigenvalue weighted by Crippen LogP contribution is 2.16. The summed E-state index contributed by atoms with van der Waals surface area (Å²) in [6.07, 6.45) is -0.193. The Morgan fingerprint density at radius 2 is 2.25 bits per heavy atom. The van der Waals surface area contributed by atoms with Crippen molar-refractivity contribution in [2.75, 3.05) is 7.11 Å². The zero-order chi connectivity index (χ0) is 12.1. The Labute approximate surface area is 92.4 Å². The zero-order valence-electron chi connectivity index (χ0n) is 8.79. The predicted molar refractivity (Wildman–Crippen MR) is 54.7 cm³/mol. The average Bonchev–Trinajstić information content (AvgIpc) is 2.30. The van der Waals surface area contributed by atoms with Crippen LogP contribution in [-0.2, 0) is 22.5 Å². The summed E-state index contributed by atoms with van der Waals surface area (Å²) < 4.78 is 17.9. The first kappa shape index (κ1) is 12.1. The normalized spacial score (nSPS) is 9.62. The van der Waals surface area contributed by atoms with E-state index < -0.39 is 11.8 Å². The molecule has 4 nitrogen and oxygen atoms in total. The quantitative estimate of drug-likeness (QED) is 0.770. The van der Waals surface area contributed by atoms with Gasteiger partial charge in [0.05, 0.1) is 25.2 Å². The number of ether oxygens (including phenoxy) is 1. The Hall–Kier alpha value is -1.93. The lowest BCUT2D eigenvalue weighted by Gasteiger charge is -2.06. The van der Waals surface area contributed by atoms with Crippen molar-refractivity contribution in [1.29, 1.82) is 5.26 Å². The fraction of sp³-hybridized carbons (Fsp3) is 0.273. The summed E-state index contributed by atoms with van der Waals surface area (Å²) in [6.45, 7) is 0.0817. The molecular weight excluding hydrogens is 211 g/mol. The maximum absolute atomic E-state index is 13.5. The van der Waals surface area contributed by atoms with Crippen LogP contribution < -0.4 is 5.73 Å². The van der Waals surface area contributed by atoms with Gasteiger partial charge in [0.1, 0.15) is 5.82 Å². The van der Waals surface area contributed by atoms with E-state index in [2.05, 4.69) is 4.74 Å². The number of halogens is 1. The van der Waals surface area contributed by atoms with Gasteiger partial charge in [0.15, 0.2) is 0 Å². The average molecular weight is 222 g/mol. The molecule has 0 heterocycles. The minimum Gasteiger partial charge on any atom is -0.469 e. The fourth-order valence-electron chi connectivity index (χ4n) is 1.30. The van der Waals surface area contributed by atoms with Gasteiger partial charge in [0.2, 0.25) is 0 Å². The van der Waals surface area contributed by atoms with E-state index in [-0.39, 0.29) is 24.1 Å². The summed E-state index contributed by atoms with van der Waals surface area (Å²) in [6, 6.07) is 4.41. The number of hydrogen-bond acceptors (Lipinski definition) is 4. The lowest BCUT2D eigenvalue weighted by Crippen LogP contribution is -2.08. The number of methoxy groups -OCH3 is 1. The molecule has 1 rings (SSSR count). The molecular formula is C11H11FN2O2. The Balaban J connectivity index is 3.12. The van der Waals surface area contributed by atoms with Gasteiger partial charge in [0.25, 0.3) is 0 Å². The first-order chi connectivity index (χ1) is 7.62. The molecule has 0 amide bonds. The van der Waals surface area contributed by atoms with Gasteiger partial charge in [-0.3, -0.25) is 4.79 Å². The van der Waals surface area contributed by atoms with E-state index >= 15 is 0 Å². The Morgan fingerprint density at radius 3 is 2.75 bits per heavy atom. The van der Waals surface area contributed by atoms with Gasteiger partial charge >= 0.3 is 5.97 Å². The van der Waals surface area contributed by atoms with Crippen LogP contribution in [0.25, 0.3) is 0 Å². The molecule has 1 aromatic rings. The number of carbonyl (C=O) groups excluding carboxylic acids is 1. The van der Waals surface area contributed by atoms with Crippen LogP contribution in [-0.4, -0.2) is 13.1 Å². The highest BCUT2D eigenvalue weighted by Gasteiger charge is 2.12. The molecule has 2 N–H and O–H groups in total. The first-order valence-corrected chi connectivity index (χ1v) is 4.60. The smallest absolute Gasteiger partial charge is 0.310 e. The van der Waals surface area contributed by atoms with E-state index in [4.69, 9.17) is 11.0 Å². The molecule has 0 fully saturated rings. The molecule has 0 bridgehead atoms. The summed E-state index contributed by atoms with van der Waals surface area (Å²) in [4.78, 5) is 11.0. The number of nitrogens with zero attached hydrogens (tertiary/aromatic N) is 1. The molecule has 0 radical (unpaired) electrons. The van der Waals surface area contributed by atoms with E-state index in [0.29, 0.717) is 5.56 Å². The van der Waals surface area contributed by atoms with Crippen LogP contribution in [0.15, 0.2) is 12.1 Å². The van der Waals surface area contributed by atoms with Gasteiger partial charge in [0, 0.05) is 12.1 Å². The third kappa shape index (κ3) is 2.55. The molecule has 0 unspecified atom stereocenters. The minimum absolute atomic E-state index is 0.0817. The topological polar surface area (TPSA) is 76.1 Å². The molecule has 1 aromatic carbocycles. The monoisotopic (exact) mass is 222 g/mol. The second-order valence-electron chi connectivity index (χ2n) is 3.17. The molecule has 5 heteroatoms. The highest BCUT2D eigenvalue weighted by molar-refractivity contribution is 5.72. The molecule has 84 valence electrons. The summed E-state index contributed by atoms with van der Waals surface area (Å²) in [5.41, 5.74) is 6.21. The molecule has 0 aliphatic heterocycles. The summed E-state index contributed by atoms with van der Waals surface area (Å²) in [5, 5.41) is 8.81. The van der Waals surface area contributed by atoms with Gasteiger partial charge in [-0.1, -0.05) is 0 Å². The highest BCUT2D eigenvalue weighted by atomic mass is 19.1. The van der Waals surface area contributed by atoms with Crippen molar-refractivity contribution in [1.82, 2.24) is 0 Å². The largest absolute Gasteiger partial charge is 0.469 e. The Bertz CT molecular complexity index is 452. The van der Waals surface area contributed by atoms with E-state index in [1.165, 1.54) is 19.2 Å². The summed E-state index contributed by atoms with van der Waals surface area (Å²) in [5.74, 6) is -1.10.